The maximum atomic E-state index is 13.4. The first kappa shape index (κ1) is 41.5. The maximum absolute atomic E-state index is 13.4. The number of carbonyl (C=O) groups is 2. The summed E-state index contributed by atoms with van der Waals surface area (Å²) >= 11 is 0. The summed E-state index contributed by atoms with van der Waals surface area (Å²) in [5, 5.41) is 33.2. The minimum absolute atomic E-state index is 0.0445. The van der Waals surface area contributed by atoms with Gasteiger partial charge in [-0.3, -0.25) is 9.69 Å². The summed E-state index contributed by atoms with van der Waals surface area (Å²) < 4.78 is 23.3. The van der Waals surface area contributed by atoms with Gasteiger partial charge in [0.1, 0.15) is 17.8 Å². The average Bonchev–Trinajstić information content (AvgIpc) is 3.92. The predicted octanol–water partition coefficient (Wildman–Crippen LogP) is 5.17. The second kappa shape index (κ2) is 19.2. The van der Waals surface area contributed by atoms with E-state index in [0.29, 0.717) is 19.1 Å². The Kier molecular flexibility index (Phi) is 15.6. The summed E-state index contributed by atoms with van der Waals surface area (Å²) in [6.07, 6.45) is 12.3. The third kappa shape index (κ3) is 11.6. The second-order valence-electron chi connectivity index (χ2n) is 15.8. The number of methoxy groups -OCH3 is 1. The molecular weight excluding hydrogens is 652 g/mol. The number of hydrogen-bond acceptors (Lipinski definition) is 10. The van der Waals surface area contributed by atoms with Gasteiger partial charge in [-0.25, -0.2) is 4.79 Å². The highest BCUT2D eigenvalue weighted by Gasteiger charge is 2.50. The monoisotopic (exact) mass is 718 g/mol. The number of hydrogen-bond donors (Lipinski definition) is 3. The predicted molar refractivity (Wildman–Crippen MR) is 196 cm³/mol. The normalized spacial score (nSPS) is 35.2. The summed E-state index contributed by atoms with van der Waals surface area (Å²) in [7, 11) is 1.70. The number of ether oxygens (including phenoxy) is 4. The van der Waals surface area contributed by atoms with Crippen LogP contribution in [0.5, 0.6) is 0 Å². The molecule has 290 valence electrons. The summed E-state index contributed by atoms with van der Waals surface area (Å²) in [4.78, 5) is 30.6. The number of amides is 1. The Labute approximate surface area is 306 Å². The van der Waals surface area contributed by atoms with Crippen LogP contribution in [-0.4, -0.2) is 125 Å². The molecule has 1 saturated carbocycles. The lowest BCUT2D eigenvalue weighted by atomic mass is 9.88. The van der Waals surface area contributed by atoms with Gasteiger partial charge in [-0.15, -0.1) is 0 Å². The third-order valence-corrected chi connectivity index (χ3v) is 11.7. The fourth-order valence-electron chi connectivity index (χ4n) is 8.04. The molecule has 0 aromatic heterocycles. The van der Waals surface area contributed by atoms with Crippen molar-refractivity contribution in [2.45, 2.75) is 154 Å². The number of nitrogens with zero attached hydrogens (tertiary/aromatic N) is 2. The number of esters is 1. The Balaban J connectivity index is 1.41. The van der Waals surface area contributed by atoms with Crippen LogP contribution in [0.4, 0.5) is 4.79 Å². The van der Waals surface area contributed by atoms with Crippen molar-refractivity contribution < 1.29 is 43.9 Å². The van der Waals surface area contributed by atoms with Crippen molar-refractivity contribution in [3.63, 3.8) is 0 Å². The summed E-state index contributed by atoms with van der Waals surface area (Å²) in [5.41, 5.74) is -0.704. The Bertz CT molecular complexity index is 1200. The van der Waals surface area contributed by atoms with Gasteiger partial charge in [0, 0.05) is 57.1 Å². The van der Waals surface area contributed by atoms with E-state index in [-0.39, 0.29) is 55.3 Å². The number of epoxide rings is 1. The molecule has 0 bridgehead atoms. The molecule has 11 nitrogen and oxygen atoms in total. The molecular formula is C40H66N2O9. The van der Waals surface area contributed by atoms with Crippen LogP contribution in [0.25, 0.3) is 0 Å². The maximum Gasteiger partial charge on any atom is 0.410 e. The zero-order valence-corrected chi connectivity index (χ0v) is 32.1. The van der Waals surface area contributed by atoms with Crippen LogP contribution in [0.1, 0.15) is 99.3 Å². The molecule has 3 aliphatic heterocycles. The van der Waals surface area contributed by atoms with E-state index in [1.54, 1.807) is 25.0 Å². The molecule has 0 radical (unpaired) electrons. The fraction of sp³-hybridized carbons (Fsp3) is 0.800. The Morgan fingerprint density at radius 1 is 1.10 bits per heavy atom. The molecule has 1 amide bonds. The second-order valence-corrected chi connectivity index (χ2v) is 15.8. The Morgan fingerprint density at radius 3 is 2.43 bits per heavy atom. The lowest BCUT2D eigenvalue weighted by Crippen LogP contribution is -2.53. The molecule has 0 aromatic rings. The van der Waals surface area contributed by atoms with E-state index >= 15 is 0 Å². The van der Waals surface area contributed by atoms with Crippen molar-refractivity contribution in [1.29, 1.82) is 0 Å². The number of aliphatic hydroxyl groups excluding tert-OH is 2. The zero-order chi connectivity index (χ0) is 37.3. The van der Waals surface area contributed by atoms with Crippen molar-refractivity contribution in [3.8, 4) is 0 Å². The molecule has 4 rings (SSSR count). The van der Waals surface area contributed by atoms with Crippen molar-refractivity contribution in [2.24, 2.45) is 17.8 Å². The van der Waals surface area contributed by atoms with Gasteiger partial charge in [-0.1, -0.05) is 71.3 Å². The molecule has 3 heterocycles. The lowest BCUT2D eigenvalue weighted by molar-refractivity contribution is -0.151. The molecule has 0 aromatic carbocycles. The molecule has 51 heavy (non-hydrogen) atoms. The van der Waals surface area contributed by atoms with Crippen LogP contribution < -0.4 is 0 Å². The van der Waals surface area contributed by atoms with E-state index in [4.69, 9.17) is 18.9 Å². The average molecular weight is 719 g/mol. The van der Waals surface area contributed by atoms with Crippen LogP contribution in [0, 0.1) is 17.8 Å². The number of allylic oxidation sites excluding steroid dienone is 2. The number of cyclic esters (lactones) is 1. The van der Waals surface area contributed by atoms with Crippen LogP contribution in [0.15, 0.2) is 36.0 Å². The van der Waals surface area contributed by atoms with Crippen molar-refractivity contribution in [1.82, 2.24) is 9.80 Å². The first-order valence-corrected chi connectivity index (χ1v) is 19.4. The molecule has 11 heteroatoms. The standard InChI is InChI=1S/C40H66N2O9/c1-8-32(48-7)29(5)37-38(51-37)35(45)26(2)13-12-14-27(3)36-28(4)17-18-33(40(6,47)20-19-31(43)25-34(44)50-36)49-39(46)42-23-21-41(22-24-42)30-15-10-9-11-16-30/h12-14,17-18,26,28-33,35-38,43,45,47H,8-11,15-16,19-25H2,1-7H3/b13-12+,18-17+,27-14+. The molecule has 4 aliphatic rings. The quantitative estimate of drug-likeness (QED) is 0.113. The summed E-state index contributed by atoms with van der Waals surface area (Å²) in [6, 6.07) is 0.596. The number of carbonyl (C=O) groups excluding carboxylic acids is 2. The first-order valence-electron chi connectivity index (χ1n) is 19.4. The van der Waals surface area contributed by atoms with Gasteiger partial charge in [0.2, 0.25) is 0 Å². The van der Waals surface area contributed by atoms with E-state index in [1.807, 2.05) is 45.1 Å². The molecule has 2 saturated heterocycles. The molecule has 11 unspecified atom stereocenters. The van der Waals surface area contributed by atoms with Gasteiger partial charge in [-0.2, -0.15) is 0 Å². The highest BCUT2D eigenvalue weighted by Crippen LogP contribution is 2.37. The van der Waals surface area contributed by atoms with Gasteiger partial charge in [-0.05, 0) is 57.6 Å². The highest BCUT2D eigenvalue weighted by molar-refractivity contribution is 5.70. The fourth-order valence-corrected chi connectivity index (χ4v) is 8.04. The van der Waals surface area contributed by atoms with Crippen molar-refractivity contribution >= 4 is 12.1 Å². The molecule has 3 N–H and O–H groups in total. The molecule has 11 atom stereocenters. The van der Waals surface area contributed by atoms with E-state index in [1.165, 1.54) is 32.1 Å². The number of aliphatic hydroxyl groups is 3. The van der Waals surface area contributed by atoms with Gasteiger partial charge < -0.3 is 39.2 Å². The Morgan fingerprint density at radius 2 is 1.78 bits per heavy atom. The third-order valence-electron chi connectivity index (χ3n) is 11.7. The van der Waals surface area contributed by atoms with E-state index in [2.05, 4.69) is 18.7 Å². The van der Waals surface area contributed by atoms with Crippen molar-refractivity contribution in [3.05, 3.63) is 36.0 Å². The van der Waals surface area contributed by atoms with Crippen LogP contribution in [0.2, 0.25) is 0 Å². The zero-order valence-electron chi connectivity index (χ0n) is 32.1. The smallest absolute Gasteiger partial charge is 0.410 e. The largest absolute Gasteiger partial charge is 0.457 e. The number of rotatable bonds is 11. The summed E-state index contributed by atoms with van der Waals surface area (Å²) in [5.74, 6) is -0.881. The van der Waals surface area contributed by atoms with Gasteiger partial charge >= 0.3 is 12.1 Å². The van der Waals surface area contributed by atoms with E-state index < -0.39 is 42.1 Å². The van der Waals surface area contributed by atoms with Gasteiger partial charge in [0.25, 0.3) is 0 Å². The van der Waals surface area contributed by atoms with Crippen LogP contribution in [0.3, 0.4) is 0 Å². The van der Waals surface area contributed by atoms with Gasteiger partial charge in [0.15, 0.2) is 6.10 Å². The molecule has 0 spiro atoms. The molecule has 1 aliphatic carbocycles. The SMILES string of the molecule is CCC(OC)C(C)C1OC1C(O)C(C)/C=C/C=C(\C)C1OC(=O)CC(O)CCC(C)(O)C(OC(=O)N2CCN(C3CCCCC3)CC2)/C=C/C1C. The highest BCUT2D eigenvalue weighted by atomic mass is 16.6. The Hall–Kier alpha value is -2.28. The lowest BCUT2D eigenvalue weighted by Gasteiger charge is -2.41. The van der Waals surface area contributed by atoms with E-state index in [0.717, 1.165) is 25.1 Å². The minimum atomic E-state index is -1.47. The van der Waals surface area contributed by atoms with Crippen LogP contribution >= 0.6 is 0 Å². The minimum Gasteiger partial charge on any atom is -0.457 e. The van der Waals surface area contributed by atoms with Gasteiger partial charge in [0.05, 0.1) is 30.8 Å². The van der Waals surface area contributed by atoms with E-state index in [9.17, 15) is 24.9 Å². The molecule has 3 fully saturated rings. The van der Waals surface area contributed by atoms with Crippen LogP contribution in [-0.2, 0) is 23.7 Å². The first-order chi connectivity index (χ1) is 24.2. The number of piperazine rings is 1. The topological polar surface area (TPSA) is 142 Å². The summed E-state index contributed by atoms with van der Waals surface area (Å²) in [6.45, 7) is 14.3. The van der Waals surface area contributed by atoms with Crippen molar-refractivity contribution in [2.75, 3.05) is 33.3 Å².